The van der Waals surface area contributed by atoms with Crippen LogP contribution in [0.5, 0.6) is 0 Å². The molecule has 0 spiro atoms. The Bertz CT molecular complexity index is 433. The van der Waals surface area contributed by atoms with Gasteiger partial charge in [-0.15, -0.1) is 11.3 Å². The van der Waals surface area contributed by atoms with E-state index in [4.69, 9.17) is 11.6 Å². The average molecular weight is 322 g/mol. The molecular formula is C11H10BrClS2. The van der Waals surface area contributed by atoms with Crippen LogP contribution in [0.4, 0.5) is 0 Å². The third-order valence-corrected chi connectivity index (χ3v) is 5.85. The summed E-state index contributed by atoms with van der Waals surface area (Å²) in [4.78, 5) is 1.57. The predicted octanol–water partition coefficient (Wildman–Crippen LogP) is 5.45. The smallest absolute Gasteiger partial charge is 0.0585 e. The maximum Gasteiger partial charge on any atom is 0.0585 e. The van der Waals surface area contributed by atoms with Crippen LogP contribution in [0.25, 0.3) is 0 Å². The normalized spacial score (nSPS) is 13.0. The molecule has 4 heteroatoms. The second kappa shape index (κ2) is 5.00. The molecule has 0 saturated carbocycles. The van der Waals surface area contributed by atoms with E-state index in [-0.39, 0.29) is 0 Å². The van der Waals surface area contributed by atoms with E-state index in [0.29, 0.717) is 4.83 Å². The number of hydrogen-bond acceptors (Lipinski definition) is 2. The summed E-state index contributed by atoms with van der Waals surface area (Å²) in [7, 11) is 0. The summed E-state index contributed by atoms with van der Waals surface area (Å²) in [6.07, 6.45) is 1.00. The Morgan fingerprint density at radius 1 is 1.47 bits per heavy atom. The van der Waals surface area contributed by atoms with E-state index < -0.39 is 0 Å². The molecule has 0 aliphatic heterocycles. The lowest BCUT2D eigenvalue weighted by Crippen LogP contribution is -1.91. The summed E-state index contributed by atoms with van der Waals surface area (Å²) in [6.45, 7) is 2.05. The van der Waals surface area contributed by atoms with Gasteiger partial charge in [-0.25, -0.2) is 0 Å². The predicted molar refractivity (Wildman–Crippen MR) is 73.8 cm³/mol. The molecule has 0 radical (unpaired) electrons. The Labute approximate surface area is 111 Å². The highest BCUT2D eigenvalue weighted by molar-refractivity contribution is 9.09. The molecule has 2 heterocycles. The van der Waals surface area contributed by atoms with E-state index in [0.717, 1.165) is 11.4 Å². The molecule has 0 bridgehead atoms. The number of alkyl halides is 1. The molecule has 80 valence electrons. The van der Waals surface area contributed by atoms with Crippen LogP contribution in [0.1, 0.15) is 20.8 Å². The Morgan fingerprint density at radius 3 is 2.80 bits per heavy atom. The maximum atomic E-state index is 6.23. The highest BCUT2D eigenvalue weighted by Crippen LogP contribution is 2.38. The van der Waals surface area contributed by atoms with Gasteiger partial charge in [-0.3, -0.25) is 0 Å². The highest BCUT2D eigenvalue weighted by Gasteiger charge is 2.15. The Morgan fingerprint density at radius 2 is 2.27 bits per heavy atom. The van der Waals surface area contributed by atoms with Crippen LogP contribution in [-0.2, 0) is 6.42 Å². The number of aryl methyl sites for hydroxylation is 1. The van der Waals surface area contributed by atoms with Crippen LogP contribution in [0.3, 0.4) is 0 Å². The number of thiophene rings is 2. The monoisotopic (exact) mass is 320 g/mol. The van der Waals surface area contributed by atoms with Gasteiger partial charge in [0.2, 0.25) is 0 Å². The second-order valence-corrected chi connectivity index (χ2v) is 6.57. The number of halogens is 2. The molecule has 0 aromatic carbocycles. The lowest BCUT2D eigenvalue weighted by Gasteiger charge is -2.07. The van der Waals surface area contributed by atoms with E-state index in [1.807, 2.05) is 6.92 Å². The van der Waals surface area contributed by atoms with E-state index >= 15 is 0 Å². The van der Waals surface area contributed by atoms with Crippen molar-refractivity contribution in [3.8, 4) is 0 Å². The summed E-state index contributed by atoms with van der Waals surface area (Å²) in [5.74, 6) is 0. The van der Waals surface area contributed by atoms with Gasteiger partial charge < -0.3 is 0 Å². The lowest BCUT2D eigenvalue weighted by molar-refractivity contribution is 0.975. The first-order valence-electron chi connectivity index (χ1n) is 4.57. The summed E-state index contributed by atoms with van der Waals surface area (Å²) >= 11 is 13.4. The zero-order chi connectivity index (χ0) is 10.8. The molecule has 1 unspecified atom stereocenters. The van der Waals surface area contributed by atoms with Gasteiger partial charge in [0.05, 0.1) is 9.85 Å². The third kappa shape index (κ3) is 2.64. The zero-order valence-corrected chi connectivity index (χ0v) is 12.1. The second-order valence-electron chi connectivity index (χ2n) is 3.40. The molecule has 0 amide bonds. The molecule has 1 atom stereocenters. The molecule has 0 fully saturated rings. The lowest BCUT2D eigenvalue weighted by atomic mass is 10.1. The fraction of sp³-hybridized carbons (Fsp3) is 0.273. The van der Waals surface area contributed by atoms with Gasteiger partial charge in [0.15, 0.2) is 0 Å². The Kier molecular flexibility index (Phi) is 3.88. The van der Waals surface area contributed by atoms with Crippen LogP contribution >= 0.6 is 50.2 Å². The quantitative estimate of drug-likeness (QED) is 0.659. The average Bonchev–Trinajstić information content (AvgIpc) is 2.79. The van der Waals surface area contributed by atoms with Crippen LogP contribution < -0.4 is 0 Å². The van der Waals surface area contributed by atoms with E-state index in [2.05, 4.69) is 38.1 Å². The highest BCUT2D eigenvalue weighted by atomic mass is 79.9. The van der Waals surface area contributed by atoms with Gasteiger partial charge >= 0.3 is 0 Å². The molecule has 0 N–H and O–H groups in total. The maximum absolute atomic E-state index is 6.23. The first-order chi connectivity index (χ1) is 7.18. The number of rotatable bonds is 3. The van der Waals surface area contributed by atoms with Crippen molar-refractivity contribution in [2.24, 2.45) is 0 Å². The summed E-state index contributed by atoms with van der Waals surface area (Å²) in [5, 5.41) is 7.32. The van der Waals surface area contributed by atoms with Crippen LogP contribution in [0.2, 0.25) is 5.02 Å². The molecule has 0 saturated heterocycles. The largest absolute Gasteiger partial charge is 0.152 e. The molecule has 0 aliphatic rings. The van der Waals surface area contributed by atoms with Crippen LogP contribution in [0, 0.1) is 6.92 Å². The topological polar surface area (TPSA) is 0 Å². The van der Waals surface area contributed by atoms with Crippen molar-refractivity contribution in [3.05, 3.63) is 43.2 Å². The summed E-state index contributed by atoms with van der Waals surface area (Å²) in [5.41, 5.74) is 2.54. The minimum atomic E-state index is 0.332. The van der Waals surface area contributed by atoms with Gasteiger partial charge in [0.25, 0.3) is 0 Å². The Balaban J connectivity index is 2.14. The minimum Gasteiger partial charge on any atom is -0.152 e. The van der Waals surface area contributed by atoms with Crippen molar-refractivity contribution in [1.82, 2.24) is 0 Å². The summed E-state index contributed by atoms with van der Waals surface area (Å²) in [6, 6.07) is 2.16. The fourth-order valence-corrected chi connectivity index (χ4v) is 4.41. The fourth-order valence-electron chi connectivity index (χ4n) is 1.37. The molecule has 2 aromatic rings. The molecule has 0 nitrogen and oxygen atoms in total. The molecule has 0 aliphatic carbocycles. The van der Waals surface area contributed by atoms with E-state index in [1.165, 1.54) is 16.0 Å². The van der Waals surface area contributed by atoms with Gasteiger partial charge in [-0.2, -0.15) is 11.3 Å². The zero-order valence-electron chi connectivity index (χ0n) is 8.17. The number of hydrogen-bond donors (Lipinski definition) is 0. The first-order valence-corrected chi connectivity index (χ1v) is 7.68. The van der Waals surface area contributed by atoms with E-state index in [1.54, 1.807) is 22.7 Å². The van der Waals surface area contributed by atoms with Gasteiger partial charge in [0.1, 0.15) is 0 Å². The standard InChI is InChI=1S/C11H10BrClS2/c1-7-5-15-11(10(7)13)9(12)4-8-2-3-14-6-8/h2-3,5-6,9H,4H2,1H3. The van der Waals surface area contributed by atoms with Gasteiger partial charge in [0, 0.05) is 4.88 Å². The van der Waals surface area contributed by atoms with Crippen LogP contribution in [-0.4, -0.2) is 0 Å². The van der Waals surface area contributed by atoms with Crippen molar-refractivity contribution >= 4 is 50.2 Å². The van der Waals surface area contributed by atoms with E-state index in [9.17, 15) is 0 Å². The SMILES string of the molecule is Cc1csc(C(Br)Cc2ccsc2)c1Cl. The van der Waals surface area contributed by atoms with Crippen molar-refractivity contribution in [2.75, 3.05) is 0 Å². The van der Waals surface area contributed by atoms with Crippen molar-refractivity contribution < 1.29 is 0 Å². The third-order valence-electron chi connectivity index (χ3n) is 2.20. The summed E-state index contributed by atoms with van der Waals surface area (Å²) < 4.78 is 0. The first kappa shape index (κ1) is 11.6. The molecule has 2 aromatic heterocycles. The molecular weight excluding hydrogens is 312 g/mol. The van der Waals surface area contributed by atoms with Crippen molar-refractivity contribution in [1.29, 1.82) is 0 Å². The van der Waals surface area contributed by atoms with Crippen molar-refractivity contribution in [2.45, 2.75) is 18.2 Å². The van der Waals surface area contributed by atoms with Crippen LogP contribution in [0.15, 0.2) is 22.2 Å². The molecule has 15 heavy (non-hydrogen) atoms. The van der Waals surface area contributed by atoms with Gasteiger partial charge in [-0.05, 0) is 46.7 Å². The Hall–Kier alpha value is 0.170. The molecule has 2 rings (SSSR count). The van der Waals surface area contributed by atoms with Crippen molar-refractivity contribution in [3.63, 3.8) is 0 Å². The van der Waals surface area contributed by atoms with Gasteiger partial charge in [-0.1, -0.05) is 27.5 Å². The minimum absolute atomic E-state index is 0.332.